The van der Waals surface area contributed by atoms with Crippen molar-refractivity contribution in [1.82, 2.24) is 5.32 Å². The number of aryl methyl sites for hydroxylation is 1. The number of rotatable bonds is 3. The first-order valence-electron chi connectivity index (χ1n) is 7.68. The number of likely N-dealkylation sites (N-methyl/N-ethyl adjacent to an activating group) is 1. The second-order valence-corrected chi connectivity index (χ2v) is 6.00. The van der Waals surface area contributed by atoms with Crippen LogP contribution in [0.1, 0.15) is 42.0 Å². The number of hydrogen-bond acceptors (Lipinski definition) is 2. The zero-order chi connectivity index (χ0) is 14.8. The number of benzene rings is 2. The molecule has 1 aliphatic carbocycles. The van der Waals surface area contributed by atoms with Crippen molar-refractivity contribution < 1.29 is 4.74 Å². The smallest absolute Gasteiger partial charge is 0.120 e. The van der Waals surface area contributed by atoms with Crippen LogP contribution in [0.4, 0.5) is 0 Å². The molecule has 0 amide bonds. The maximum atomic E-state index is 6.30. The molecule has 0 spiro atoms. The zero-order valence-corrected chi connectivity index (χ0v) is 13.0. The lowest BCUT2D eigenvalue weighted by Gasteiger charge is -2.37. The van der Waals surface area contributed by atoms with Crippen LogP contribution in [0.2, 0.25) is 0 Å². The van der Waals surface area contributed by atoms with Crippen LogP contribution in [-0.4, -0.2) is 13.2 Å². The normalized spacial score (nSPS) is 24.4. The largest absolute Gasteiger partial charge is 0.488 e. The summed E-state index contributed by atoms with van der Waals surface area (Å²) in [4.78, 5) is 0. The maximum Gasteiger partial charge on any atom is 0.120 e. The first kappa shape index (κ1) is 14.2. The molecule has 110 valence electrons. The highest BCUT2D eigenvalue weighted by Crippen LogP contribution is 2.39. The number of ether oxygens (including phenoxy) is 1. The molecule has 0 radical (unpaired) electrons. The van der Waals surface area contributed by atoms with Crippen LogP contribution in [0.15, 0.2) is 48.5 Å². The van der Waals surface area contributed by atoms with Gasteiger partial charge in [0.2, 0.25) is 0 Å². The summed E-state index contributed by atoms with van der Waals surface area (Å²) in [5, 5.41) is 3.44. The van der Waals surface area contributed by atoms with Crippen molar-refractivity contribution in [2.24, 2.45) is 0 Å². The summed E-state index contributed by atoms with van der Waals surface area (Å²) in [6.07, 6.45) is 1.21. The van der Waals surface area contributed by atoms with E-state index in [1.165, 1.54) is 16.7 Å². The molecular weight excluding hydrogens is 258 g/mol. The summed E-state index contributed by atoms with van der Waals surface area (Å²) in [7, 11) is 2.02. The van der Waals surface area contributed by atoms with Crippen molar-refractivity contribution >= 4 is 0 Å². The van der Waals surface area contributed by atoms with E-state index in [4.69, 9.17) is 4.74 Å². The molecule has 0 saturated heterocycles. The Balaban J connectivity index is 1.89. The molecule has 2 aromatic rings. The zero-order valence-electron chi connectivity index (χ0n) is 13.0. The molecule has 0 saturated carbocycles. The van der Waals surface area contributed by atoms with E-state index >= 15 is 0 Å². The molecule has 0 bridgehead atoms. The van der Waals surface area contributed by atoms with E-state index in [0.29, 0.717) is 5.92 Å². The molecule has 2 aromatic carbocycles. The van der Waals surface area contributed by atoms with Gasteiger partial charge in [-0.25, -0.2) is 0 Å². The first-order valence-corrected chi connectivity index (χ1v) is 7.68. The van der Waals surface area contributed by atoms with Crippen molar-refractivity contribution in [2.45, 2.75) is 38.3 Å². The van der Waals surface area contributed by atoms with Crippen LogP contribution in [0, 0.1) is 6.92 Å². The average Bonchev–Trinajstić information content (AvgIpc) is 2.48. The molecule has 3 rings (SSSR count). The molecule has 0 aliphatic heterocycles. The molecule has 3 unspecified atom stereocenters. The third-order valence-electron chi connectivity index (χ3n) is 4.41. The Morgan fingerprint density at radius 3 is 2.52 bits per heavy atom. The quantitative estimate of drug-likeness (QED) is 0.910. The predicted octanol–water partition coefficient (Wildman–Crippen LogP) is 4.21. The van der Waals surface area contributed by atoms with Crippen LogP contribution < -0.4 is 10.1 Å². The fourth-order valence-electron chi connectivity index (χ4n) is 3.38. The fourth-order valence-corrected chi connectivity index (χ4v) is 3.38. The minimum absolute atomic E-state index is 0.168. The van der Waals surface area contributed by atoms with Crippen LogP contribution in [0.5, 0.6) is 5.75 Å². The summed E-state index contributed by atoms with van der Waals surface area (Å²) in [6.45, 7) is 4.39. The van der Waals surface area contributed by atoms with Gasteiger partial charge in [0.05, 0.1) is 6.04 Å². The number of nitrogens with one attached hydrogen (secondary N) is 1. The molecular formula is C19H23NO. The molecule has 0 fully saturated rings. The summed E-state index contributed by atoms with van der Waals surface area (Å²) in [5.41, 5.74) is 4.05. The van der Waals surface area contributed by atoms with E-state index in [-0.39, 0.29) is 12.1 Å². The fraction of sp³-hybridized carbons (Fsp3) is 0.368. The van der Waals surface area contributed by atoms with Gasteiger partial charge in [0.15, 0.2) is 0 Å². The topological polar surface area (TPSA) is 21.3 Å². The van der Waals surface area contributed by atoms with E-state index in [9.17, 15) is 0 Å². The van der Waals surface area contributed by atoms with Crippen molar-refractivity contribution in [3.63, 3.8) is 0 Å². The first-order chi connectivity index (χ1) is 10.2. The molecule has 0 aromatic heterocycles. The molecule has 3 atom stereocenters. The average molecular weight is 281 g/mol. The highest BCUT2D eigenvalue weighted by atomic mass is 16.5. The lowest BCUT2D eigenvalue weighted by Crippen LogP contribution is -2.38. The predicted molar refractivity (Wildman–Crippen MR) is 86.9 cm³/mol. The molecule has 2 nitrogen and oxygen atoms in total. The van der Waals surface area contributed by atoms with E-state index in [1.54, 1.807) is 0 Å². The van der Waals surface area contributed by atoms with Crippen molar-refractivity contribution in [2.75, 3.05) is 7.05 Å². The van der Waals surface area contributed by atoms with Crippen LogP contribution in [-0.2, 0) is 0 Å². The standard InChI is InChI=1S/C19H23NO/c1-13-7-6-8-15(11-13)21-18-12-14(2)16-9-4-5-10-17(16)19(18)20-3/h4-11,14,18-20H,12H2,1-3H3. The Labute approximate surface area is 127 Å². The van der Waals surface area contributed by atoms with Crippen LogP contribution in [0.25, 0.3) is 0 Å². The summed E-state index contributed by atoms with van der Waals surface area (Å²) in [5.74, 6) is 1.49. The van der Waals surface area contributed by atoms with E-state index in [2.05, 4.69) is 61.6 Å². The minimum atomic E-state index is 0.168. The monoisotopic (exact) mass is 281 g/mol. The van der Waals surface area contributed by atoms with Gasteiger partial charge in [-0.05, 0) is 55.1 Å². The Bertz CT molecular complexity index is 622. The van der Waals surface area contributed by atoms with E-state index in [0.717, 1.165) is 12.2 Å². The molecule has 1 N–H and O–H groups in total. The Kier molecular flexibility index (Phi) is 3.98. The van der Waals surface area contributed by atoms with Gasteiger partial charge in [-0.15, -0.1) is 0 Å². The minimum Gasteiger partial charge on any atom is -0.488 e. The van der Waals surface area contributed by atoms with E-state index in [1.807, 2.05) is 13.1 Å². The summed E-state index contributed by atoms with van der Waals surface area (Å²) >= 11 is 0. The van der Waals surface area contributed by atoms with Gasteiger partial charge in [0.25, 0.3) is 0 Å². The van der Waals surface area contributed by atoms with Gasteiger partial charge >= 0.3 is 0 Å². The summed E-state index contributed by atoms with van der Waals surface area (Å²) in [6, 6.07) is 17.3. The van der Waals surface area contributed by atoms with Crippen LogP contribution in [0.3, 0.4) is 0 Å². The van der Waals surface area contributed by atoms with Gasteiger partial charge < -0.3 is 10.1 Å². The summed E-state index contributed by atoms with van der Waals surface area (Å²) < 4.78 is 6.30. The maximum absolute atomic E-state index is 6.30. The second-order valence-electron chi connectivity index (χ2n) is 6.00. The highest BCUT2D eigenvalue weighted by Gasteiger charge is 2.33. The molecule has 21 heavy (non-hydrogen) atoms. The Hall–Kier alpha value is -1.80. The van der Waals surface area contributed by atoms with Crippen molar-refractivity contribution in [1.29, 1.82) is 0 Å². The van der Waals surface area contributed by atoms with Gasteiger partial charge in [0.1, 0.15) is 11.9 Å². The third kappa shape index (κ3) is 2.81. The van der Waals surface area contributed by atoms with Gasteiger partial charge in [-0.3, -0.25) is 0 Å². The molecule has 2 heteroatoms. The number of hydrogen-bond donors (Lipinski definition) is 1. The van der Waals surface area contributed by atoms with Crippen molar-refractivity contribution in [3.8, 4) is 5.75 Å². The van der Waals surface area contributed by atoms with E-state index < -0.39 is 0 Å². The highest BCUT2D eigenvalue weighted by molar-refractivity contribution is 5.37. The van der Waals surface area contributed by atoms with Gasteiger partial charge in [0, 0.05) is 0 Å². The third-order valence-corrected chi connectivity index (χ3v) is 4.41. The number of fused-ring (bicyclic) bond motifs is 1. The SMILES string of the molecule is CNC1c2ccccc2C(C)CC1Oc1cccc(C)c1. The van der Waals surface area contributed by atoms with Gasteiger partial charge in [-0.2, -0.15) is 0 Å². The van der Waals surface area contributed by atoms with Crippen molar-refractivity contribution in [3.05, 3.63) is 65.2 Å². The molecule has 0 heterocycles. The Morgan fingerprint density at radius 2 is 1.81 bits per heavy atom. The Morgan fingerprint density at radius 1 is 1.05 bits per heavy atom. The molecule has 1 aliphatic rings. The lowest BCUT2D eigenvalue weighted by atomic mass is 9.79. The van der Waals surface area contributed by atoms with Gasteiger partial charge in [-0.1, -0.05) is 43.3 Å². The second kappa shape index (κ2) is 5.90. The van der Waals surface area contributed by atoms with Crippen LogP contribution >= 0.6 is 0 Å². The lowest BCUT2D eigenvalue weighted by molar-refractivity contribution is 0.130.